The molecule has 0 fully saturated rings. The smallest absolute Gasteiger partial charge is 0.177 e. The van der Waals surface area contributed by atoms with Gasteiger partial charge in [-0.15, -0.1) is 0 Å². The second kappa shape index (κ2) is 6.53. The molecule has 0 bridgehead atoms. The van der Waals surface area contributed by atoms with Crippen LogP contribution < -0.4 is 4.74 Å². The molecule has 1 heterocycles. The molecule has 26 heavy (non-hydrogen) atoms. The van der Waals surface area contributed by atoms with Crippen molar-refractivity contribution in [1.29, 1.82) is 0 Å². The van der Waals surface area contributed by atoms with Gasteiger partial charge in [-0.1, -0.05) is 6.07 Å². The number of fused-ring (bicyclic) bond motifs is 1. The maximum Gasteiger partial charge on any atom is 0.177 e. The Labute approximate surface area is 151 Å². The summed E-state index contributed by atoms with van der Waals surface area (Å²) < 4.78 is 5.79. The molecule has 0 spiro atoms. The van der Waals surface area contributed by atoms with Gasteiger partial charge in [0.2, 0.25) is 0 Å². The second-order valence-corrected chi connectivity index (χ2v) is 7.22. The maximum atomic E-state index is 12.9. The predicted molar refractivity (Wildman–Crippen MR) is 95.1 cm³/mol. The molecule has 2 aromatic carbocycles. The van der Waals surface area contributed by atoms with E-state index in [1.807, 2.05) is 0 Å². The fraction of sp³-hybridized carbons (Fsp3) is 0.350. The molecule has 6 nitrogen and oxygen atoms in total. The molecular weight excluding hydrogens is 336 g/mol. The Morgan fingerprint density at radius 3 is 2.50 bits per heavy atom. The van der Waals surface area contributed by atoms with Crippen molar-refractivity contribution < 1.29 is 30.0 Å². The quantitative estimate of drug-likeness (QED) is 0.669. The van der Waals surface area contributed by atoms with Crippen LogP contribution in [0.25, 0.3) is 0 Å². The Hall–Kier alpha value is -2.73. The first kappa shape index (κ1) is 18.1. The Kier molecular flexibility index (Phi) is 4.54. The van der Waals surface area contributed by atoms with Gasteiger partial charge in [-0.25, -0.2) is 0 Å². The third kappa shape index (κ3) is 3.46. The number of aromatic hydroxyl groups is 3. The van der Waals surface area contributed by atoms with Gasteiger partial charge in [-0.3, -0.25) is 4.79 Å². The van der Waals surface area contributed by atoms with Crippen LogP contribution in [0.15, 0.2) is 30.3 Å². The van der Waals surface area contributed by atoms with Crippen LogP contribution in [-0.4, -0.2) is 38.4 Å². The topological polar surface area (TPSA) is 107 Å². The Bertz CT molecular complexity index is 850. The molecule has 3 rings (SSSR count). The molecule has 0 aliphatic carbocycles. The fourth-order valence-electron chi connectivity index (χ4n) is 3.14. The summed E-state index contributed by atoms with van der Waals surface area (Å²) in [5.41, 5.74) is 0.294. The third-order valence-corrected chi connectivity index (χ3v) is 4.59. The van der Waals surface area contributed by atoms with Gasteiger partial charge < -0.3 is 25.2 Å². The molecular formula is C20H22O6. The lowest BCUT2D eigenvalue weighted by Gasteiger charge is -2.27. The number of phenolic OH excluding ortho intramolecular Hbond substituents is 3. The summed E-state index contributed by atoms with van der Waals surface area (Å²) in [6.07, 6.45) is 0.762. The summed E-state index contributed by atoms with van der Waals surface area (Å²) in [6.45, 7) is 3.37. The van der Waals surface area contributed by atoms with Crippen molar-refractivity contribution in [2.24, 2.45) is 0 Å². The van der Waals surface area contributed by atoms with Crippen LogP contribution in [0.3, 0.4) is 0 Å². The first-order valence-corrected chi connectivity index (χ1v) is 8.43. The number of Topliss-reactive ketones (excluding diaryl/α,β-unsaturated/α-hetero) is 1. The first-order chi connectivity index (χ1) is 12.2. The number of carbonyl (C=O) groups is 1. The van der Waals surface area contributed by atoms with Crippen LogP contribution in [0.5, 0.6) is 23.0 Å². The van der Waals surface area contributed by atoms with Crippen molar-refractivity contribution >= 4 is 5.78 Å². The van der Waals surface area contributed by atoms with Gasteiger partial charge in [-0.2, -0.15) is 0 Å². The summed E-state index contributed by atoms with van der Waals surface area (Å²) >= 11 is 0. The van der Waals surface area contributed by atoms with Crippen LogP contribution in [0.2, 0.25) is 0 Å². The van der Waals surface area contributed by atoms with E-state index >= 15 is 0 Å². The highest BCUT2D eigenvalue weighted by Gasteiger charge is 2.34. The van der Waals surface area contributed by atoms with Crippen molar-refractivity contribution in [3.05, 3.63) is 47.0 Å². The van der Waals surface area contributed by atoms with E-state index in [-0.39, 0.29) is 29.6 Å². The monoisotopic (exact) mass is 358 g/mol. The van der Waals surface area contributed by atoms with E-state index in [0.29, 0.717) is 35.3 Å². The molecule has 0 aromatic heterocycles. The number of hydrogen-bond acceptors (Lipinski definition) is 6. The van der Waals surface area contributed by atoms with Crippen molar-refractivity contribution in [2.45, 2.75) is 38.2 Å². The third-order valence-electron chi connectivity index (χ3n) is 4.59. The summed E-state index contributed by atoms with van der Waals surface area (Å²) in [5, 5.41) is 39.6. The highest BCUT2D eigenvalue weighted by atomic mass is 16.5. The number of carbonyl (C=O) groups excluding carboxylic acids is 1. The minimum absolute atomic E-state index is 0.0170. The molecule has 1 aliphatic rings. The van der Waals surface area contributed by atoms with Crippen molar-refractivity contribution in [1.82, 2.24) is 0 Å². The van der Waals surface area contributed by atoms with E-state index < -0.39 is 11.5 Å². The molecule has 0 unspecified atom stereocenters. The second-order valence-electron chi connectivity index (χ2n) is 7.22. The minimum Gasteiger partial charge on any atom is -0.508 e. The molecule has 1 atom stereocenters. The molecule has 0 saturated carbocycles. The maximum absolute atomic E-state index is 12.9. The molecule has 6 heteroatoms. The number of rotatable bonds is 4. The number of hydrogen-bond donors (Lipinski definition) is 4. The average Bonchev–Trinajstić information content (AvgIpc) is 2.54. The van der Waals surface area contributed by atoms with Gasteiger partial charge in [0, 0.05) is 17.2 Å². The predicted octanol–water partition coefficient (Wildman–Crippen LogP) is 2.87. The summed E-state index contributed by atoms with van der Waals surface area (Å²) in [7, 11) is 0. The van der Waals surface area contributed by atoms with Gasteiger partial charge in [-0.05, 0) is 44.9 Å². The summed E-state index contributed by atoms with van der Waals surface area (Å²) in [5.74, 6) is -0.835. The molecule has 0 radical (unpaired) electrons. The molecule has 138 valence electrons. The van der Waals surface area contributed by atoms with Gasteiger partial charge in [0.05, 0.1) is 17.1 Å². The lowest BCUT2D eigenvalue weighted by atomic mass is 9.86. The number of aliphatic hydroxyl groups is 1. The minimum atomic E-state index is -0.909. The highest BCUT2D eigenvalue weighted by Crippen LogP contribution is 2.41. The Morgan fingerprint density at radius 1 is 1.12 bits per heavy atom. The van der Waals surface area contributed by atoms with Gasteiger partial charge in [0.1, 0.15) is 29.6 Å². The number of ketones is 1. The lowest BCUT2D eigenvalue weighted by molar-refractivity contribution is 0.0709. The zero-order valence-electron chi connectivity index (χ0n) is 14.7. The zero-order valence-corrected chi connectivity index (χ0v) is 14.7. The number of phenols is 3. The SMILES string of the molecule is CC(C)(O)CCc1c(O)ccc2c1OC[C@H](c1ccc(O)cc1O)C2=O. The van der Waals surface area contributed by atoms with Crippen LogP contribution in [0, 0.1) is 0 Å². The van der Waals surface area contributed by atoms with Crippen LogP contribution in [0.1, 0.15) is 47.7 Å². The van der Waals surface area contributed by atoms with Crippen LogP contribution >= 0.6 is 0 Å². The largest absolute Gasteiger partial charge is 0.508 e. The highest BCUT2D eigenvalue weighted by molar-refractivity contribution is 6.05. The van der Waals surface area contributed by atoms with E-state index in [9.17, 15) is 25.2 Å². The average molecular weight is 358 g/mol. The lowest BCUT2D eigenvalue weighted by Crippen LogP contribution is -2.27. The summed E-state index contributed by atoms with van der Waals surface area (Å²) in [6, 6.07) is 7.04. The number of ether oxygens (including phenoxy) is 1. The molecule has 1 aliphatic heterocycles. The van der Waals surface area contributed by atoms with E-state index in [0.717, 1.165) is 0 Å². The van der Waals surface area contributed by atoms with Crippen LogP contribution in [0.4, 0.5) is 0 Å². The summed E-state index contributed by atoms with van der Waals surface area (Å²) in [4.78, 5) is 12.9. The van der Waals surface area contributed by atoms with Crippen molar-refractivity contribution in [3.8, 4) is 23.0 Å². The van der Waals surface area contributed by atoms with Crippen molar-refractivity contribution in [2.75, 3.05) is 6.61 Å². The van der Waals surface area contributed by atoms with E-state index in [1.54, 1.807) is 13.8 Å². The standard InChI is InChI=1S/C20H22O6/c1-20(2,25)8-7-13-16(22)6-5-14-18(24)15(10-26-19(13)14)12-4-3-11(21)9-17(12)23/h3-6,9,15,21-23,25H,7-8,10H2,1-2H3/t15-/m1/s1. The van der Waals surface area contributed by atoms with Gasteiger partial charge in [0.25, 0.3) is 0 Å². The molecule has 2 aromatic rings. The van der Waals surface area contributed by atoms with Crippen molar-refractivity contribution in [3.63, 3.8) is 0 Å². The zero-order chi connectivity index (χ0) is 19.1. The first-order valence-electron chi connectivity index (χ1n) is 8.43. The normalized spacial score (nSPS) is 16.9. The molecule has 4 N–H and O–H groups in total. The van der Waals surface area contributed by atoms with Crippen LogP contribution in [-0.2, 0) is 6.42 Å². The number of benzene rings is 2. The molecule has 0 amide bonds. The molecule has 0 saturated heterocycles. The van der Waals surface area contributed by atoms with Gasteiger partial charge in [0.15, 0.2) is 5.78 Å². The van der Waals surface area contributed by atoms with E-state index in [2.05, 4.69) is 0 Å². The van der Waals surface area contributed by atoms with E-state index in [4.69, 9.17) is 4.74 Å². The Morgan fingerprint density at radius 2 is 1.85 bits per heavy atom. The van der Waals surface area contributed by atoms with Gasteiger partial charge >= 0.3 is 0 Å². The fourth-order valence-corrected chi connectivity index (χ4v) is 3.14. The van der Waals surface area contributed by atoms with E-state index in [1.165, 1.54) is 30.3 Å². The Balaban J connectivity index is 1.96.